The summed E-state index contributed by atoms with van der Waals surface area (Å²) in [5, 5.41) is 8.85. The van der Waals surface area contributed by atoms with Crippen LogP contribution in [0.2, 0.25) is 0 Å². The highest BCUT2D eigenvalue weighted by Crippen LogP contribution is 2.32. The molecule has 1 fully saturated rings. The Morgan fingerprint density at radius 1 is 1.00 bits per heavy atom. The fourth-order valence-electron chi connectivity index (χ4n) is 3.28. The Morgan fingerprint density at radius 3 is 2.46 bits per heavy atom. The van der Waals surface area contributed by atoms with E-state index >= 15 is 0 Å². The van der Waals surface area contributed by atoms with Gasteiger partial charge in [-0.15, -0.1) is 0 Å². The fourth-order valence-corrected chi connectivity index (χ4v) is 3.28. The molecule has 1 amide bonds. The lowest BCUT2D eigenvalue weighted by Crippen LogP contribution is -2.48. The molecular weight excluding hydrogens is 330 g/mol. The highest BCUT2D eigenvalue weighted by molar-refractivity contribution is 5.94. The van der Waals surface area contributed by atoms with Gasteiger partial charge in [0.2, 0.25) is 6.79 Å². The quantitative estimate of drug-likeness (QED) is 0.850. The van der Waals surface area contributed by atoms with Crippen LogP contribution in [0.1, 0.15) is 21.5 Å². The minimum atomic E-state index is 0.0252. The number of ether oxygens (including phenoxy) is 2. The summed E-state index contributed by atoms with van der Waals surface area (Å²) < 4.78 is 10.8. The highest BCUT2D eigenvalue weighted by Gasteiger charge is 2.22. The van der Waals surface area contributed by atoms with Crippen molar-refractivity contribution in [3.05, 3.63) is 59.2 Å². The molecule has 26 heavy (non-hydrogen) atoms. The van der Waals surface area contributed by atoms with Crippen LogP contribution >= 0.6 is 0 Å². The number of hydrogen-bond acceptors (Lipinski definition) is 5. The normalized spacial score (nSPS) is 16.3. The second-order valence-electron chi connectivity index (χ2n) is 6.45. The lowest BCUT2D eigenvalue weighted by atomic mass is 10.1. The summed E-state index contributed by atoms with van der Waals surface area (Å²) in [5.41, 5.74) is 2.38. The SMILES string of the molecule is N#Cc1ccc(C(=O)N2CCN(Cc3ccc4c(c3)OCO4)CC2)cc1. The van der Waals surface area contributed by atoms with Gasteiger partial charge in [-0.1, -0.05) is 6.07 Å². The third-order valence-corrected chi connectivity index (χ3v) is 4.76. The number of fused-ring (bicyclic) bond motifs is 1. The number of nitriles is 1. The van der Waals surface area contributed by atoms with E-state index in [4.69, 9.17) is 14.7 Å². The smallest absolute Gasteiger partial charge is 0.253 e. The lowest BCUT2D eigenvalue weighted by molar-refractivity contribution is 0.0628. The maximum Gasteiger partial charge on any atom is 0.253 e. The first-order chi connectivity index (χ1) is 12.7. The van der Waals surface area contributed by atoms with Crippen LogP contribution in [0.25, 0.3) is 0 Å². The zero-order valence-corrected chi connectivity index (χ0v) is 14.4. The molecule has 2 heterocycles. The van der Waals surface area contributed by atoms with Crippen LogP contribution in [0.15, 0.2) is 42.5 Å². The van der Waals surface area contributed by atoms with E-state index in [1.807, 2.05) is 17.0 Å². The molecule has 6 nitrogen and oxygen atoms in total. The van der Waals surface area contributed by atoms with Crippen LogP contribution in [-0.4, -0.2) is 48.7 Å². The van der Waals surface area contributed by atoms with Crippen LogP contribution < -0.4 is 9.47 Å². The Balaban J connectivity index is 1.33. The van der Waals surface area contributed by atoms with Crippen LogP contribution in [0.4, 0.5) is 0 Å². The summed E-state index contributed by atoms with van der Waals surface area (Å²) >= 11 is 0. The summed E-state index contributed by atoms with van der Waals surface area (Å²) in [6.07, 6.45) is 0. The van der Waals surface area contributed by atoms with E-state index in [9.17, 15) is 4.79 Å². The minimum Gasteiger partial charge on any atom is -0.454 e. The van der Waals surface area contributed by atoms with Gasteiger partial charge in [0.1, 0.15) is 0 Å². The highest BCUT2D eigenvalue weighted by atomic mass is 16.7. The first kappa shape index (κ1) is 16.4. The van der Waals surface area contributed by atoms with E-state index in [1.54, 1.807) is 24.3 Å². The molecule has 0 spiro atoms. The van der Waals surface area contributed by atoms with E-state index < -0.39 is 0 Å². The maximum absolute atomic E-state index is 12.6. The second-order valence-corrected chi connectivity index (χ2v) is 6.45. The average molecular weight is 349 g/mol. The number of carbonyl (C=O) groups is 1. The van der Waals surface area contributed by atoms with Crippen molar-refractivity contribution in [3.63, 3.8) is 0 Å². The van der Waals surface area contributed by atoms with Gasteiger partial charge in [-0.25, -0.2) is 0 Å². The molecule has 0 radical (unpaired) electrons. The predicted molar refractivity (Wildman–Crippen MR) is 94.9 cm³/mol. The van der Waals surface area contributed by atoms with Gasteiger partial charge >= 0.3 is 0 Å². The van der Waals surface area contributed by atoms with Crippen molar-refractivity contribution in [2.45, 2.75) is 6.54 Å². The minimum absolute atomic E-state index is 0.0252. The molecule has 2 aromatic rings. The monoisotopic (exact) mass is 349 g/mol. The molecule has 4 rings (SSSR count). The van der Waals surface area contributed by atoms with Gasteiger partial charge in [-0.3, -0.25) is 9.69 Å². The molecule has 0 N–H and O–H groups in total. The van der Waals surface area contributed by atoms with Crippen LogP contribution in [0, 0.1) is 11.3 Å². The largest absolute Gasteiger partial charge is 0.454 e. The molecule has 132 valence electrons. The number of amides is 1. The molecule has 2 aliphatic rings. The fraction of sp³-hybridized carbons (Fsp3) is 0.300. The molecule has 0 aromatic heterocycles. The Hall–Kier alpha value is -3.04. The molecule has 0 aliphatic carbocycles. The van der Waals surface area contributed by atoms with Gasteiger partial charge in [0, 0.05) is 38.3 Å². The maximum atomic E-state index is 12.6. The summed E-state index contributed by atoms with van der Waals surface area (Å²) in [6, 6.07) is 14.9. The lowest BCUT2D eigenvalue weighted by Gasteiger charge is -2.34. The van der Waals surface area contributed by atoms with Gasteiger partial charge in [0.15, 0.2) is 11.5 Å². The summed E-state index contributed by atoms with van der Waals surface area (Å²) in [5.74, 6) is 1.63. The molecule has 2 aliphatic heterocycles. The van der Waals surface area contributed by atoms with E-state index in [0.29, 0.717) is 24.2 Å². The van der Waals surface area contributed by atoms with Crippen molar-refractivity contribution in [1.82, 2.24) is 9.80 Å². The number of hydrogen-bond donors (Lipinski definition) is 0. The third-order valence-electron chi connectivity index (χ3n) is 4.76. The topological polar surface area (TPSA) is 65.8 Å². The molecule has 0 saturated carbocycles. The van der Waals surface area contributed by atoms with Crippen molar-refractivity contribution in [2.24, 2.45) is 0 Å². The second kappa shape index (κ2) is 7.06. The number of benzene rings is 2. The summed E-state index contributed by atoms with van der Waals surface area (Å²) in [4.78, 5) is 16.8. The van der Waals surface area contributed by atoms with Gasteiger partial charge in [0.25, 0.3) is 5.91 Å². The molecule has 2 aromatic carbocycles. The number of piperazine rings is 1. The van der Waals surface area contributed by atoms with E-state index in [0.717, 1.165) is 31.1 Å². The molecular formula is C20H19N3O3. The summed E-state index contributed by atoms with van der Waals surface area (Å²) in [6.45, 7) is 4.17. The molecule has 0 unspecified atom stereocenters. The van der Waals surface area contributed by atoms with Crippen molar-refractivity contribution >= 4 is 5.91 Å². The van der Waals surface area contributed by atoms with Crippen LogP contribution in [0.3, 0.4) is 0 Å². The Morgan fingerprint density at radius 2 is 1.73 bits per heavy atom. The van der Waals surface area contributed by atoms with Crippen molar-refractivity contribution in [3.8, 4) is 17.6 Å². The number of rotatable bonds is 3. The standard InChI is InChI=1S/C20H19N3O3/c21-12-15-1-4-17(5-2-15)20(24)23-9-7-22(8-10-23)13-16-3-6-18-19(11-16)26-14-25-18/h1-6,11H,7-10,13-14H2. The van der Waals surface area contributed by atoms with Gasteiger partial charge in [0.05, 0.1) is 11.6 Å². The van der Waals surface area contributed by atoms with Crippen LogP contribution in [-0.2, 0) is 6.54 Å². The van der Waals surface area contributed by atoms with E-state index in [1.165, 1.54) is 5.56 Å². The first-order valence-electron chi connectivity index (χ1n) is 8.63. The van der Waals surface area contributed by atoms with Gasteiger partial charge in [-0.05, 0) is 42.0 Å². The van der Waals surface area contributed by atoms with Crippen molar-refractivity contribution in [2.75, 3.05) is 33.0 Å². The predicted octanol–water partition coefficient (Wildman–Crippen LogP) is 2.24. The third kappa shape index (κ3) is 3.35. The Labute approximate surface area is 152 Å². The first-order valence-corrected chi connectivity index (χ1v) is 8.63. The average Bonchev–Trinajstić information content (AvgIpc) is 3.16. The zero-order valence-electron chi connectivity index (χ0n) is 14.4. The number of carbonyl (C=O) groups excluding carboxylic acids is 1. The molecule has 6 heteroatoms. The molecule has 1 saturated heterocycles. The van der Waals surface area contributed by atoms with Gasteiger partial charge in [-0.2, -0.15) is 5.26 Å². The van der Waals surface area contributed by atoms with Crippen LogP contribution in [0.5, 0.6) is 11.5 Å². The summed E-state index contributed by atoms with van der Waals surface area (Å²) in [7, 11) is 0. The van der Waals surface area contributed by atoms with E-state index in [2.05, 4.69) is 17.0 Å². The van der Waals surface area contributed by atoms with Crippen molar-refractivity contribution in [1.29, 1.82) is 5.26 Å². The van der Waals surface area contributed by atoms with Crippen molar-refractivity contribution < 1.29 is 14.3 Å². The Kier molecular flexibility index (Phi) is 4.46. The van der Waals surface area contributed by atoms with E-state index in [-0.39, 0.29) is 12.7 Å². The number of nitrogens with zero attached hydrogens (tertiary/aromatic N) is 3. The Bertz CT molecular complexity index is 850. The zero-order chi connectivity index (χ0) is 17.9. The van der Waals surface area contributed by atoms with Gasteiger partial charge < -0.3 is 14.4 Å². The molecule has 0 bridgehead atoms. The molecule has 0 atom stereocenters.